The van der Waals surface area contributed by atoms with Crippen LogP contribution in [0, 0.1) is 0 Å². The van der Waals surface area contributed by atoms with Gasteiger partial charge in [0.1, 0.15) is 13.2 Å². The van der Waals surface area contributed by atoms with Crippen LogP contribution in [0.15, 0.2) is 47.4 Å². The van der Waals surface area contributed by atoms with Gasteiger partial charge in [-0.05, 0) is 30.3 Å². The number of benzene rings is 2. The van der Waals surface area contributed by atoms with Crippen molar-refractivity contribution in [1.82, 2.24) is 10.9 Å². The van der Waals surface area contributed by atoms with E-state index in [0.29, 0.717) is 35.3 Å². The molecule has 25 heavy (non-hydrogen) atoms. The maximum Gasteiger partial charge on any atom is 0.271 e. The number of thioether (sulfide) groups is 1. The number of amides is 2. The Morgan fingerprint density at radius 3 is 2.60 bits per heavy atom. The monoisotopic (exact) mass is 378 g/mol. The Balaban J connectivity index is 1.48. The molecule has 0 spiro atoms. The first-order valence-electron chi connectivity index (χ1n) is 7.49. The molecule has 0 saturated carbocycles. The normalized spacial score (nSPS) is 12.4. The zero-order chi connectivity index (χ0) is 17.6. The Morgan fingerprint density at radius 2 is 1.80 bits per heavy atom. The van der Waals surface area contributed by atoms with E-state index in [1.165, 1.54) is 11.8 Å². The topological polar surface area (TPSA) is 76.7 Å². The lowest BCUT2D eigenvalue weighted by atomic mass is 10.2. The van der Waals surface area contributed by atoms with Crippen molar-refractivity contribution < 1.29 is 19.1 Å². The molecule has 1 aliphatic rings. The van der Waals surface area contributed by atoms with Gasteiger partial charge in [0, 0.05) is 4.90 Å². The second kappa shape index (κ2) is 8.13. The number of nitrogens with one attached hydrogen (secondary N) is 2. The van der Waals surface area contributed by atoms with Crippen molar-refractivity contribution in [2.24, 2.45) is 0 Å². The summed E-state index contributed by atoms with van der Waals surface area (Å²) in [5, 5.41) is 0.319. The minimum atomic E-state index is -0.469. The Bertz CT molecular complexity index is 800. The summed E-state index contributed by atoms with van der Waals surface area (Å²) >= 11 is 7.26. The first kappa shape index (κ1) is 17.4. The zero-order valence-electron chi connectivity index (χ0n) is 13.1. The summed E-state index contributed by atoms with van der Waals surface area (Å²) in [6.45, 7) is 1.04. The fourth-order valence-electron chi connectivity index (χ4n) is 2.14. The highest BCUT2D eigenvalue weighted by Gasteiger charge is 2.13. The lowest BCUT2D eigenvalue weighted by molar-refractivity contribution is -0.119. The minimum absolute atomic E-state index is 0.141. The largest absolute Gasteiger partial charge is 0.486 e. The second-order valence-electron chi connectivity index (χ2n) is 5.08. The minimum Gasteiger partial charge on any atom is -0.486 e. The average Bonchev–Trinajstić information content (AvgIpc) is 2.64. The number of carbonyl (C=O) groups is 2. The highest BCUT2D eigenvalue weighted by atomic mass is 35.5. The highest BCUT2D eigenvalue weighted by molar-refractivity contribution is 8.00. The summed E-state index contributed by atoms with van der Waals surface area (Å²) in [6.07, 6.45) is 0. The number of rotatable bonds is 4. The van der Waals surface area contributed by atoms with Gasteiger partial charge in [-0.3, -0.25) is 20.4 Å². The van der Waals surface area contributed by atoms with Crippen molar-refractivity contribution in [3.8, 4) is 11.5 Å². The molecule has 130 valence electrons. The molecular weight excluding hydrogens is 364 g/mol. The highest BCUT2D eigenvalue weighted by Crippen LogP contribution is 2.34. The van der Waals surface area contributed by atoms with Gasteiger partial charge in [-0.1, -0.05) is 23.7 Å². The van der Waals surface area contributed by atoms with Crippen molar-refractivity contribution >= 4 is 35.2 Å². The van der Waals surface area contributed by atoms with E-state index in [4.69, 9.17) is 21.1 Å². The summed E-state index contributed by atoms with van der Waals surface area (Å²) < 4.78 is 11.0. The van der Waals surface area contributed by atoms with Crippen molar-refractivity contribution in [3.05, 3.63) is 53.1 Å². The molecule has 0 saturated heterocycles. The van der Waals surface area contributed by atoms with Gasteiger partial charge in [0.05, 0.1) is 16.3 Å². The number of hydrazine groups is 1. The van der Waals surface area contributed by atoms with E-state index >= 15 is 0 Å². The quantitative estimate of drug-likeness (QED) is 0.632. The summed E-state index contributed by atoms with van der Waals surface area (Å²) in [7, 11) is 0. The van der Waals surface area contributed by atoms with Crippen molar-refractivity contribution in [3.63, 3.8) is 0 Å². The molecule has 1 heterocycles. The molecule has 1 aliphatic heterocycles. The number of carbonyl (C=O) groups excluding carboxylic acids is 2. The van der Waals surface area contributed by atoms with Gasteiger partial charge in [0.2, 0.25) is 5.91 Å². The van der Waals surface area contributed by atoms with Crippen LogP contribution in [0.5, 0.6) is 11.5 Å². The molecule has 2 amide bonds. The summed E-state index contributed by atoms with van der Waals surface area (Å²) in [5.74, 6) is 0.710. The molecule has 6 nitrogen and oxygen atoms in total. The third-order valence-corrected chi connectivity index (χ3v) is 4.64. The van der Waals surface area contributed by atoms with Crippen LogP contribution in [0.2, 0.25) is 5.02 Å². The summed E-state index contributed by atoms with van der Waals surface area (Å²) in [5.41, 5.74) is 5.01. The van der Waals surface area contributed by atoms with Crippen LogP contribution >= 0.6 is 23.4 Å². The first-order valence-corrected chi connectivity index (χ1v) is 8.86. The van der Waals surface area contributed by atoms with Crippen LogP contribution in [0.3, 0.4) is 0 Å². The lowest BCUT2D eigenvalue weighted by Crippen LogP contribution is -2.42. The molecule has 0 bridgehead atoms. The van der Waals surface area contributed by atoms with Gasteiger partial charge in [-0.2, -0.15) is 0 Å². The molecule has 3 rings (SSSR count). The number of ether oxygens (including phenoxy) is 2. The van der Waals surface area contributed by atoms with Crippen LogP contribution in [0.1, 0.15) is 10.4 Å². The fourth-order valence-corrected chi connectivity index (χ4v) is 3.08. The van der Waals surface area contributed by atoms with E-state index in [9.17, 15) is 9.59 Å². The molecular formula is C17H15ClN2O4S. The fraction of sp³-hybridized carbons (Fsp3) is 0.176. The van der Waals surface area contributed by atoms with Crippen molar-refractivity contribution in [2.45, 2.75) is 4.90 Å². The van der Waals surface area contributed by atoms with E-state index in [1.54, 1.807) is 24.3 Å². The van der Waals surface area contributed by atoms with Crippen LogP contribution in [0.25, 0.3) is 0 Å². The van der Waals surface area contributed by atoms with Gasteiger partial charge in [0.15, 0.2) is 11.5 Å². The van der Waals surface area contributed by atoms with Crippen LogP contribution in [-0.2, 0) is 4.79 Å². The molecule has 8 heteroatoms. The van der Waals surface area contributed by atoms with Gasteiger partial charge in [0.25, 0.3) is 5.91 Å². The zero-order valence-corrected chi connectivity index (χ0v) is 14.7. The molecule has 2 N–H and O–H groups in total. The maximum atomic E-state index is 12.0. The Hall–Kier alpha value is -2.38. The molecule has 0 aliphatic carbocycles. The predicted octanol–water partition coefficient (Wildman–Crippen LogP) is 2.66. The number of hydrogen-bond donors (Lipinski definition) is 2. The summed E-state index contributed by atoms with van der Waals surface area (Å²) in [6, 6.07) is 12.1. The first-order chi connectivity index (χ1) is 12.1. The second-order valence-corrected chi connectivity index (χ2v) is 6.53. The van der Waals surface area contributed by atoms with Crippen molar-refractivity contribution in [2.75, 3.05) is 19.0 Å². The molecule has 0 atom stereocenters. The van der Waals surface area contributed by atoms with E-state index in [2.05, 4.69) is 10.9 Å². The van der Waals surface area contributed by atoms with Gasteiger partial charge in [-0.25, -0.2) is 0 Å². The van der Waals surface area contributed by atoms with Crippen LogP contribution < -0.4 is 20.3 Å². The van der Waals surface area contributed by atoms with Gasteiger partial charge < -0.3 is 9.47 Å². The number of fused-ring (bicyclic) bond motifs is 1. The molecule has 2 aromatic carbocycles. The van der Waals surface area contributed by atoms with Gasteiger partial charge >= 0.3 is 0 Å². The molecule has 2 aromatic rings. The van der Waals surface area contributed by atoms with E-state index < -0.39 is 5.91 Å². The van der Waals surface area contributed by atoms with Crippen LogP contribution in [-0.4, -0.2) is 30.8 Å². The van der Waals surface area contributed by atoms with E-state index in [0.717, 1.165) is 4.90 Å². The smallest absolute Gasteiger partial charge is 0.271 e. The van der Waals surface area contributed by atoms with E-state index in [-0.39, 0.29) is 11.7 Å². The maximum absolute atomic E-state index is 12.0. The number of halogens is 1. The third kappa shape index (κ3) is 4.58. The van der Waals surface area contributed by atoms with Crippen molar-refractivity contribution in [1.29, 1.82) is 0 Å². The van der Waals surface area contributed by atoms with Gasteiger partial charge in [-0.15, -0.1) is 11.8 Å². The van der Waals surface area contributed by atoms with Crippen LogP contribution in [0.4, 0.5) is 0 Å². The Morgan fingerprint density at radius 1 is 1.04 bits per heavy atom. The Labute approximate surface area is 153 Å². The molecule has 0 unspecified atom stereocenters. The molecule has 0 aromatic heterocycles. The average molecular weight is 379 g/mol. The SMILES string of the molecule is O=C(CSc1ccc2c(c1)OCCO2)NNC(=O)c1ccccc1Cl. The standard InChI is InChI=1S/C17H15ClN2O4S/c18-13-4-2-1-3-12(13)17(22)20-19-16(21)10-25-11-5-6-14-15(9-11)24-8-7-23-14/h1-6,9H,7-8,10H2,(H,19,21)(H,20,22). The number of hydrogen-bond acceptors (Lipinski definition) is 5. The van der Waals surface area contributed by atoms with E-state index in [1.807, 2.05) is 18.2 Å². The lowest BCUT2D eigenvalue weighted by Gasteiger charge is -2.18. The summed E-state index contributed by atoms with van der Waals surface area (Å²) in [4.78, 5) is 24.7. The molecule has 0 radical (unpaired) electrons. The third-order valence-electron chi connectivity index (χ3n) is 3.32. The predicted molar refractivity (Wildman–Crippen MR) is 95.2 cm³/mol. The molecule has 0 fully saturated rings. The Kier molecular flexibility index (Phi) is 5.67.